The van der Waals surface area contributed by atoms with E-state index in [1.165, 1.54) is 5.56 Å². The highest BCUT2D eigenvalue weighted by atomic mass is 32.2. The number of aromatic nitrogens is 2. The van der Waals surface area contributed by atoms with Crippen molar-refractivity contribution in [1.82, 2.24) is 9.55 Å². The molecule has 112 valence electrons. The Balaban J connectivity index is 2.15. The Bertz CT molecular complexity index is 736. The summed E-state index contributed by atoms with van der Waals surface area (Å²) in [5, 5.41) is 1.00. The van der Waals surface area contributed by atoms with E-state index in [-0.39, 0.29) is 0 Å². The average Bonchev–Trinajstić information content (AvgIpc) is 2.91. The molecule has 0 spiro atoms. The lowest BCUT2D eigenvalue weighted by Gasteiger charge is -2.07. The van der Waals surface area contributed by atoms with Crippen molar-refractivity contribution in [3.63, 3.8) is 0 Å². The molecule has 0 unspecified atom stereocenters. The Labute approximate surface area is 135 Å². The van der Waals surface area contributed by atoms with E-state index in [9.17, 15) is 0 Å². The maximum absolute atomic E-state index is 5.64. The van der Waals surface area contributed by atoms with Crippen molar-refractivity contribution in [2.24, 2.45) is 12.8 Å². The quantitative estimate of drug-likeness (QED) is 0.729. The van der Waals surface area contributed by atoms with Crippen LogP contribution >= 0.6 is 11.8 Å². The van der Waals surface area contributed by atoms with E-state index in [2.05, 4.69) is 48.0 Å². The van der Waals surface area contributed by atoms with Crippen molar-refractivity contribution in [3.8, 4) is 22.5 Å². The molecule has 0 aliphatic carbocycles. The zero-order chi connectivity index (χ0) is 15.4. The van der Waals surface area contributed by atoms with Crippen molar-refractivity contribution in [3.05, 3.63) is 60.7 Å². The molecule has 2 aromatic carbocycles. The molecular formula is C18H19N3S. The first-order chi connectivity index (χ1) is 10.8. The second-order valence-corrected chi connectivity index (χ2v) is 6.08. The van der Waals surface area contributed by atoms with Crippen molar-refractivity contribution < 1.29 is 0 Å². The first-order valence-corrected chi connectivity index (χ1v) is 8.30. The standard InChI is InChI=1S/C18H19N3S/c1-21-17(15-10-6-3-7-11-15)16(14-8-4-2-5-9-14)20-18(21)22-13-12-19/h2-11H,12-13,19H2,1H3. The number of nitrogens with zero attached hydrogens (tertiary/aromatic N) is 2. The fourth-order valence-corrected chi connectivity index (χ4v) is 3.22. The van der Waals surface area contributed by atoms with Crippen molar-refractivity contribution in [2.45, 2.75) is 5.16 Å². The summed E-state index contributed by atoms with van der Waals surface area (Å²) in [6.07, 6.45) is 0. The molecule has 1 heterocycles. The number of rotatable bonds is 5. The molecule has 0 saturated heterocycles. The summed E-state index contributed by atoms with van der Waals surface area (Å²) >= 11 is 1.70. The third-order valence-corrected chi connectivity index (χ3v) is 4.56. The minimum absolute atomic E-state index is 0.652. The lowest BCUT2D eigenvalue weighted by molar-refractivity contribution is 0.796. The van der Waals surface area contributed by atoms with Crippen LogP contribution < -0.4 is 5.73 Å². The fraction of sp³-hybridized carbons (Fsp3) is 0.167. The highest BCUT2D eigenvalue weighted by Gasteiger charge is 2.17. The maximum Gasteiger partial charge on any atom is 0.168 e. The van der Waals surface area contributed by atoms with Crippen LogP contribution in [0.1, 0.15) is 0 Å². The molecule has 0 fully saturated rings. The number of nitrogens with two attached hydrogens (primary N) is 1. The van der Waals surface area contributed by atoms with Crippen LogP contribution in [0.5, 0.6) is 0 Å². The van der Waals surface area contributed by atoms with E-state index >= 15 is 0 Å². The normalized spacial score (nSPS) is 10.8. The first-order valence-electron chi connectivity index (χ1n) is 7.31. The molecule has 1 aromatic heterocycles. The lowest BCUT2D eigenvalue weighted by Crippen LogP contribution is -2.03. The molecule has 0 bridgehead atoms. The van der Waals surface area contributed by atoms with Crippen LogP contribution in [0.3, 0.4) is 0 Å². The van der Waals surface area contributed by atoms with Gasteiger partial charge in [-0.2, -0.15) is 0 Å². The molecule has 0 saturated carbocycles. The van der Waals surface area contributed by atoms with Gasteiger partial charge in [0.1, 0.15) is 0 Å². The van der Waals surface area contributed by atoms with Gasteiger partial charge in [0.05, 0.1) is 11.4 Å². The molecule has 0 amide bonds. The SMILES string of the molecule is Cn1c(SCCN)nc(-c2ccccc2)c1-c1ccccc1. The van der Waals surface area contributed by atoms with Crippen molar-refractivity contribution in [1.29, 1.82) is 0 Å². The molecule has 0 aliphatic rings. The molecule has 2 N–H and O–H groups in total. The van der Waals surface area contributed by atoms with E-state index in [1.807, 2.05) is 24.3 Å². The van der Waals surface area contributed by atoms with Crippen LogP contribution in [0.25, 0.3) is 22.5 Å². The van der Waals surface area contributed by atoms with Crippen molar-refractivity contribution >= 4 is 11.8 Å². The molecule has 3 nitrogen and oxygen atoms in total. The fourth-order valence-electron chi connectivity index (χ4n) is 2.48. The predicted octanol–water partition coefficient (Wildman–Crippen LogP) is 3.80. The number of imidazole rings is 1. The van der Waals surface area contributed by atoms with E-state index in [0.29, 0.717) is 6.54 Å². The molecule has 0 aliphatic heterocycles. The maximum atomic E-state index is 5.64. The third kappa shape index (κ3) is 2.93. The smallest absolute Gasteiger partial charge is 0.168 e. The van der Waals surface area contributed by atoms with Crippen LogP contribution in [-0.4, -0.2) is 21.8 Å². The monoisotopic (exact) mass is 309 g/mol. The number of thioether (sulfide) groups is 1. The second kappa shape index (κ2) is 6.81. The molecule has 22 heavy (non-hydrogen) atoms. The highest BCUT2D eigenvalue weighted by molar-refractivity contribution is 7.99. The van der Waals surface area contributed by atoms with Gasteiger partial charge in [0.25, 0.3) is 0 Å². The van der Waals surface area contributed by atoms with Crippen LogP contribution in [0, 0.1) is 0 Å². The second-order valence-electron chi connectivity index (χ2n) is 5.02. The Morgan fingerprint density at radius 3 is 2.14 bits per heavy atom. The summed E-state index contributed by atoms with van der Waals surface area (Å²) in [4.78, 5) is 4.86. The molecule has 0 atom stereocenters. The van der Waals surface area contributed by atoms with Gasteiger partial charge in [-0.05, 0) is 0 Å². The molecule has 3 aromatic rings. The van der Waals surface area contributed by atoms with Gasteiger partial charge < -0.3 is 10.3 Å². The summed E-state index contributed by atoms with van der Waals surface area (Å²) in [6, 6.07) is 20.7. The Hall–Kier alpha value is -2.04. The van der Waals surface area contributed by atoms with Crippen molar-refractivity contribution in [2.75, 3.05) is 12.3 Å². The van der Waals surface area contributed by atoms with E-state index in [0.717, 1.165) is 27.9 Å². The summed E-state index contributed by atoms with van der Waals surface area (Å²) in [5.41, 5.74) is 10.1. The van der Waals surface area contributed by atoms with Gasteiger partial charge in [-0.1, -0.05) is 72.4 Å². The summed E-state index contributed by atoms with van der Waals surface area (Å²) in [7, 11) is 2.07. The predicted molar refractivity (Wildman–Crippen MR) is 93.9 cm³/mol. The van der Waals surface area contributed by atoms with Crippen LogP contribution in [0.15, 0.2) is 65.8 Å². The summed E-state index contributed by atoms with van der Waals surface area (Å²) < 4.78 is 2.16. The summed E-state index contributed by atoms with van der Waals surface area (Å²) in [6.45, 7) is 0.652. The molecule has 4 heteroatoms. The van der Waals surface area contributed by atoms with Gasteiger partial charge in [-0.3, -0.25) is 0 Å². The molecule has 3 rings (SSSR count). The Morgan fingerprint density at radius 1 is 0.955 bits per heavy atom. The molecular weight excluding hydrogens is 290 g/mol. The number of benzene rings is 2. The van der Waals surface area contributed by atoms with Gasteiger partial charge >= 0.3 is 0 Å². The van der Waals surface area contributed by atoms with Crippen LogP contribution in [0.2, 0.25) is 0 Å². The number of hydrogen-bond acceptors (Lipinski definition) is 3. The lowest BCUT2D eigenvalue weighted by atomic mass is 10.1. The largest absolute Gasteiger partial charge is 0.330 e. The van der Waals surface area contributed by atoms with E-state index < -0.39 is 0 Å². The highest BCUT2D eigenvalue weighted by Crippen LogP contribution is 2.34. The zero-order valence-corrected chi connectivity index (χ0v) is 13.4. The van der Waals surface area contributed by atoms with Crippen LogP contribution in [-0.2, 0) is 7.05 Å². The zero-order valence-electron chi connectivity index (χ0n) is 12.6. The third-order valence-electron chi connectivity index (χ3n) is 3.50. The Morgan fingerprint density at radius 2 is 1.55 bits per heavy atom. The average molecular weight is 309 g/mol. The summed E-state index contributed by atoms with van der Waals surface area (Å²) in [5.74, 6) is 0.868. The van der Waals surface area contributed by atoms with E-state index in [1.54, 1.807) is 11.8 Å². The minimum Gasteiger partial charge on any atom is -0.330 e. The number of hydrogen-bond donors (Lipinski definition) is 1. The van der Waals surface area contributed by atoms with Gasteiger partial charge in [0.2, 0.25) is 0 Å². The van der Waals surface area contributed by atoms with Crippen LogP contribution in [0.4, 0.5) is 0 Å². The first kappa shape index (κ1) is 14.9. The topological polar surface area (TPSA) is 43.8 Å². The van der Waals surface area contributed by atoms with Gasteiger partial charge in [0, 0.05) is 30.5 Å². The van der Waals surface area contributed by atoms with Gasteiger partial charge in [-0.25, -0.2) is 4.98 Å². The molecule has 0 radical (unpaired) electrons. The van der Waals surface area contributed by atoms with Gasteiger partial charge in [-0.15, -0.1) is 0 Å². The minimum atomic E-state index is 0.652. The van der Waals surface area contributed by atoms with E-state index in [4.69, 9.17) is 10.7 Å². The van der Waals surface area contributed by atoms with Gasteiger partial charge in [0.15, 0.2) is 5.16 Å². The Kier molecular flexibility index (Phi) is 4.61.